The van der Waals surface area contributed by atoms with Crippen molar-refractivity contribution in [2.45, 2.75) is 25.0 Å². The predicted octanol–water partition coefficient (Wildman–Crippen LogP) is 3.01. The first-order chi connectivity index (χ1) is 17.4. The minimum Gasteiger partial charge on any atom is -0.496 e. The standard InChI is InChI=1S/C26H29FN4O5/c1-35-24-8-2-18(15-28)14-19(24)3-9-25(32)30-21(16-29-26(33)34)17-31-12-10-23(11-13-31)36-22-6-4-20(27)5-7-22/h2-9,14,21,23,29H,10-13,16-17H2,1H3,(H,30,32)(H,33,34)/b9-3+/t21-/m1/s1. The molecule has 3 N–H and O–H groups in total. The highest BCUT2D eigenvalue weighted by Crippen LogP contribution is 2.21. The molecule has 0 radical (unpaired) electrons. The maximum atomic E-state index is 13.1. The molecule has 36 heavy (non-hydrogen) atoms. The molecule has 0 aromatic heterocycles. The molecule has 0 aliphatic carbocycles. The molecular weight excluding hydrogens is 467 g/mol. The third-order valence-corrected chi connectivity index (χ3v) is 5.75. The van der Waals surface area contributed by atoms with Crippen LogP contribution in [0.4, 0.5) is 9.18 Å². The molecule has 0 saturated carbocycles. The minimum atomic E-state index is -1.17. The Kier molecular flexibility index (Phi) is 9.65. The molecule has 3 rings (SSSR count). The van der Waals surface area contributed by atoms with Crippen LogP contribution >= 0.6 is 0 Å². The summed E-state index contributed by atoms with van der Waals surface area (Å²) in [7, 11) is 1.50. The van der Waals surface area contributed by atoms with Crippen LogP contribution in [0.15, 0.2) is 48.5 Å². The van der Waals surface area contributed by atoms with Gasteiger partial charge in [0.15, 0.2) is 0 Å². The van der Waals surface area contributed by atoms with Crippen molar-refractivity contribution < 1.29 is 28.6 Å². The van der Waals surface area contributed by atoms with E-state index in [2.05, 4.69) is 15.5 Å². The summed E-state index contributed by atoms with van der Waals surface area (Å²) in [6.45, 7) is 1.92. The van der Waals surface area contributed by atoms with Crippen molar-refractivity contribution in [3.63, 3.8) is 0 Å². The number of nitrogens with one attached hydrogen (secondary N) is 2. The van der Waals surface area contributed by atoms with Gasteiger partial charge in [0.25, 0.3) is 0 Å². The maximum absolute atomic E-state index is 13.1. The highest BCUT2D eigenvalue weighted by Gasteiger charge is 2.24. The van der Waals surface area contributed by atoms with Gasteiger partial charge in [-0.25, -0.2) is 9.18 Å². The average molecular weight is 497 g/mol. The number of carboxylic acid groups (broad SMARTS) is 1. The number of halogens is 1. The smallest absolute Gasteiger partial charge is 0.404 e. The molecule has 0 spiro atoms. The number of methoxy groups -OCH3 is 1. The highest BCUT2D eigenvalue weighted by atomic mass is 19.1. The summed E-state index contributed by atoms with van der Waals surface area (Å²) in [5.41, 5.74) is 1.02. The fraction of sp³-hybridized carbons (Fsp3) is 0.346. The van der Waals surface area contributed by atoms with Crippen LogP contribution in [-0.4, -0.2) is 67.4 Å². The summed E-state index contributed by atoms with van der Waals surface area (Å²) in [6.07, 6.45) is 3.21. The van der Waals surface area contributed by atoms with Gasteiger partial charge in [0, 0.05) is 37.8 Å². The molecule has 1 heterocycles. The van der Waals surface area contributed by atoms with Crippen molar-refractivity contribution in [3.05, 3.63) is 65.5 Å². The first-order valence-electron chi connectivity index (χ1n) is 11.5. The van der Waals surface area contributed by atoms with Crippen molar-refractivity contribution in [1.82, 2.24) is 15.5 Å². The van der Waals surface area contributed by atoms with Gasteiger partial charge in [-0.2, -0.15) is 5.26 Å². The van der Waals surface area contributed by atoms with E-state index >= 15 is 0 Å². The van der Waals surface area contributed by atoms with Crippen molar-refractivity contribution in [3.8, 4) is 17.6 Å². The summed E-state index contributed by atoms with van der Waals surface area (Å²) >= 11 is 0. The van der Waals surface area contributed by atoms with Crippen LogP contribution in [-0.2, 0) is 4.79 Å². The fourth-order valence-corrected chi connectivity index (χ4v) is 3.95. The normalized spacial score (nSPS) is 15.1. The largest absolute Gasteiger partial charge is 0.496 e. The van der Waals surface area contributed by atoms with Crippen molar-refractivity contribution in [2.24, 2.45) is 0 Å². The number of nitrogens with zero attached hydrogens (tertiary/aromatic N) is 2. The van der Waals surface area contributed by atoms with E-state index in [-0.39, 0.29) is 18.5 Å². The zero-order chi connectivity index (χ0) is 25.9. The second kappa shape index (κ2) is 13.1. The number of carbonyl (C=O) groups excluding carboxylic acids is 1. The Bertz CT molecular complexity index is 1110. The van der Waals surface area contributed by atoms with Crippen LogP contribution in [0.5, 0.6) is 11.5 Å². The first kappa shape index (κ1) is 26.5. The molecule has 0 bridgehead atoms. The van der Waals surface area contributed by atoms with E-state index in [4.69, 9.17) is 19.8 Å². The Labute approximate surface area is 209 Å². The summed E-state index contributed by atoms with van der Waals surface area (Å²) in [4.78, 5) is 25.8. The number of amides is 2. The molecule has 2 aromatic carbocycles. The molecule has 1 saturated heterocycles. The van der Waals surface area contributed by atoms with E-state index in [1.807, 2.05) is 6.07 Å². The van der Waals surface area contributed by atoms with E-state index in [0.29, 0.717) is 42.3 Å². The molecule has 0 unspecified atom stereocenters. The number of rotatable bonds is 10. The second-order valence-corrected chi connectivity index (χ2v) is 8.37. The molecule has 1 aliphatic rings. The summed E-state index contributed by atoms with van der Waals surface area (Å²) in [5.74, 6) is 0.429. The Balaban J connectivity index is 1.55. The topological polar surface area (TPSA) is 124 Å². The van der Waals surface area contributed by atoms with Crippen LogP contribution < -0.4 is 20.1 Å². The lowest BCUT2D eigenvalue weighted by molar-refractivity contribution is -0.117. The molecule has 190 valence electrons. The lowest BCUT2D eigenvalue weighted by Crippen LogP contribution is -2.51. The lowest BCUT2D eigenvalue weighted by Gasteiger charge is -2.34. The Morgan fingerprint density at radius 1 is 1.25 bits per heavy atom. The lowest BCUT2D eigenvalue weighted by atomic mass is 10.1. The van der Waals surface area contributed by atoms with Gasteiger partial charge < -0.3 is 30.1 Å². The van der Waals surface area contributed by atoms with Gasteiger partial charge >= 0.3 is 6.09 Å². The number of benzene rings is 2. The highest BCUT2D eigenvalue weighted by molar-refractivity contribution is 5.92. The fourth-order valence-electron chi connectivity index (χ4n) is 3.95. The van der Waals surface area contributed by atoms with Gasteiger partial charge in [0.2, 0.25) is 5.91 Å². The van der Waals surface area contributed by atoms with Gasteiger partial charge in [-0.15, -0.1) is 0 Å². The molecular formula is C26H29FN4O5. The predicted molar refractivity (Wildman–Crippen MR) is 131 cm³/mol. The third kappa shape index (κ3) is 8.29. The minimum absolute atomic E-state index is 0.000940. The van der Waals surface area contributed by atoms with Gasteiger partial charge in [0.1, 0.15) is 23.4 Å². The van der Waals surface area contributed by atoms with Gasteiger partial charge in [-0.05, 0) is 61.4 Å². The van der Waals surface area contributed by atoms with E-state index in [0.717, 1.165) is 12.8 Å². The van der Waals surface area contributed by atoms with Crippen LogP contribution in [0.25, 0.3) is 6.08 Å². The molecule has 2 amide bonds. The summed E-state index contributed by atoms with van der Waals surface area (Å²) < 4.78 is 24.3. The van der Waals surface area contributed by atoms with Crippen molar-refractivity contribution in [2.75, 3.05) is 33.3 Å². The number of nitriles is 1. The first-order valence-corrected chi connectivity index (χ1v) is 11.5. The van der Waals surface area contributed by atoms with Crippen molar-refractivity contribution >= 4 is 18.1 Å². The quantitative estimate of drug-likeness (QED) is 0.432. The Morgan fingerprint density at radius 3 is 2.61 bits per heavy atom. The van der Waals surface area contributed by atoms with E-state index in [9.17, 15) is 14.0 Å². The van der Waals surface area contributed by atoms with Crippen LogP contribution in [0, 0.1) is 17.1 Å². The zero-order valence-corrected chi connectivity index (χ0v) is 19.9. The Morgan fingerprint density at radius 2 is 1.97 bits per heavy atom. The maximum Gasteiger partial charge on any atom is 0.404 e. The second-order valence-electron chi connectivity index (χ2n) is 8.37. The SMILES string of the molecule is COc1ccc(C#N)cc1/C=C/C(=O)N[C@H](CNC(=O)O)CN1CCC(Oc2ccc(F)cc2)CC1. The van der Waals surface area contributed by atoms with Gasteiger partial charge in [-0.1, -0.05) is 0 Å². The molecule has 9 nitrogen and oxygen atoms in total. The number of hydrogen-bond acceptors (Lipinski definition) is 6. The van der Waals surface area contributed by atoms with Crippen molar-refractivity contribution in [1.29, 1.82) is 5.26 Å². The van der Waals surface area contributed by atoms with Crippen LogP contribution in [0.3, 0.4) is 0 Å². The van der Waals surface area contributed by atoms with Gasteiger partial charge in [0.05, 0.1) is 24.8 Å². The molecule has 10 heteroatoms. The number of ether oxygens (including phenoxy) is 2. The van der Waals surface area contributed by atoms with Gasteiger partial charge in [-0.3, -0.25) is 4.79 Å². The number of carbonyl (C=O) groups is 2. The number of likely N-dealkylation sites (tertiary alicyclic amines) is 1. The van der Waals surface area contributed by atoms with Crippen LogP contribution in [0.2, 0.25) is 0 Å². The monoisotopic (exact) mass is 496 g/mol. The number of hydrogen-bond donors (Lipinski definition) is 3. The summed E-state index contributed by atoms with van der Waals surface area (Å²) in [6, 6.07) is 12.4. The zero-order valence-electron chi connectivity index (χ0n) is 19.9. The Hall–Kier alpha value is -4.10. The molecule has 1 aliphatic heterocycles. The van der Waals surface area contributed by atoms with Crippen LogP contribution in [0.1, 0.15) is 24.0 Å². The molecule has 2 aromatic rings. The average Bonchev–Trinajstić information content (AvgIpc) is 2.88. The third-order valence-electron chi connectivity index (χ3n) is 5.75. The van der Waals surface area contributed by atoms with E-state index in [1.54, 1.807) is 36.4 Å². The number of piperidine rings is 1. The molecule has 1 atom stereocenters. The van der Waals surface area contributed by atoms with E-state index in [1.165, 1.54) is 25.3 Å². The summed E-state index contributed by atoms with van der Waals surface area (Å²) in [5, 5.41) is 23.3. The molecule has 1 fully saturated rings. The van der Waals surface area contributed by atoms with E-state index < -0.39 is 18.0 Å².